The predicted molar refractivity (Wildman–Crippen MR) is 158 cm³/mol. The second-order valence-electron chi connectivity index (χ2n) is 11.9. The number of ether oxygens (including phenoxy) is 1. The lowest BCUT2D eigenvalue weighted by Crippen LogP contribution is -2.37. The Balaban J connectivity index is 1.46. The first kappa shape index (κ1) is 26.5. The molecule has 4 aromatic rings. The molecule has 2 saturated carbocycles. The number of phenolic OH excluding ortho intramolecular Hbond substituents is 1. The Labute approximate surface area is 243 Å². The number of terminal acetylenes is 2. The molecule has 0 spiro atoms. The van der Waals surface area contributed by atoms with Gasteiger partial charge in [-0.3, -0.25) is 0 Å². The highest BCUT2D eigenvalue weighted by Crippen LogP contribution is 2.43. The van der Waals surface area contributed by atoms with Gasteiger partial charge in [0.05, 0.1) is 17.6 Å². The number of benzene rings is 2. The molecule has 212 valence electrons. The quantitative estimate of drug-likeness (QED) is 0.276. The van der Waals surface area contributed by atoms with E-state index in [0.29, 0.717) is 41.0 Å². The van der Waals surface area contributed by atoms with Crippen molar-refractivity contribution < 1.29 is 18.6 Å². The molecular weight excluding hydrogens is 534 g/mol. The molecule has 2 aromatic heterocycles. The first-order valence-corrected chi connectivity index (χ1v) is 14.6. The molecular formula is C34H30F2N4O2. The summed E-state index contributed by atoms with van der Waals surface area (Å²) < 4.78 is 37.7. The fourth-order valence-corrected chi connectivity index (χ4v) is 7.21. The molecule has 2 aromatic carbocycles. The van der Waals surface area contributed by atoms with E-state index in [-0.39, 0.29) is 45.2 Å². The number of aromatic hydroxyl groups is 1. The van der Waals surface area contributed by atoms with E-state index in [4.69, 9.17) is 22.6 Å². The monoisotopic (exact) mass is 564 g/mol. The van der Waals surface area contributed by atoms with E-state index < -0.39 is 11.6 Å². The van der Waals surface area contributed by atoms with E-state index in [2.05, 4.69) is 26.7 Å². The van der Waals surface area contributed by atoms with Gasteiger partial charge in [0, 0.05) is 24.0 Å². The second kappa shape index (κ2) is 10.4. The number of phenols is 1. The van der Waals surface area contributed by atoms with Crippen molar-refractivity contribution >= 4 is 27.5 Å². The largest absolute Gasteiger partial charge is 0.508 e. The number of aromatic nitrogens is 3. The third kappa shape index (κ3) is 4.47. The summed E-state index contributed by atoms with van der Waals surface area (Å²) in [5.41, 5.74) is 0.0274. The van der Waals surface area contributed by atoms with Gasteiger partial charge in [-0.2, -0.15) is 9.97 Å². The Bertz CT molecular complexity index is 1810. The number of hydrogen-bond donors (Lipinski definition) is 1. The van der Waals surface area contributed by atoms with E-state index in [9.17, 15) is 9.50 Å². The molecule has 42 heavy (non-hydrogen) atoms. The molecule has 2 atom stereocenters. The van der Waals surface area contributed by atoms with E-state index in [1.807, 2.05) is 0 Å². The van der Waals surface area contributed by atoms with Gasteiger partial charge in [0.25, 0.3) is 0 Å². The van der Waals surface area contributed by atoms with Gasteiger partial charge >= 0.3 is 6.01 Å². The Morgan fingerprint density at radius 1 is 0.952 bits per heavy atom. The van der Waals surface area contributed by atoms with Crippen LogP contribution in [0.3, 0.4) is 0 Å². The van der Waals surface area contributed by atoms with Crippen LogP contribution in [0.25, 0.3) is 32.9 Å². The summed E-state index contributed by atoms with van der Waals surface area (Å²) in [6, 6.07) is 5.56. The van der Waals surface area contributed by atoms with Gasteiger partial charge in [-0.25, -0.2) is 13.8 Å². The Morgan fingerprint density at radius 3 is 2.43 bits per heavy atom. The SMILES string of the molecule is C#Cc1c(F)ccc2cc(O)cc(-c3nc(C#C)c4c(N5CC6CCC(C6)C5)nc(OCC5CCCC5)nc4c3F)c12. The molecule has 2 bridgehead atoms. The van der Waals surface area contributed by atoms with Gasteiger partial charge in [0.1, 0.15) is 34.3 Å². The summed E-state index contributed by atoms with van der Waals surface area (Å²) in [6.07, 6.45) is 19.7. The van der Waals surface area contributed by atoms with Crippen molar-refractivity contribution in [2.45, 2.75) is 44.9 Å². The van der Waals surface area contributed by atoms with Gasteiger partial charge in [-0.05, 0) is 79.4 Å². The predicted octanol–water partition coefficient (Wildman–Crippen LogP) is 6.60. The van der Waals surface area contributed by atoms with Crippen molar-refractivity contribution in [1.82, 2.24) is 15.0 Å². The minimum Gasteiger partial charge on any atom is -0.508 e. The van der Waals surface area contributed by atoms with Gasteiger partial charge in [-0.1, -0.05) is 24.8 Å². The maximum Gasteiger partial charge on any atom is 0.319 e. The lowest BCUT2D eigenvalue weighted by molar-refractivity contribution is 0.235. The molecule has 1 N–H and O–H groups in total. The summed E-state index contributed by atoms with van der Waals surface area (Å²) >= 11 is 0. The molecule has 1 aliphatic heterocycles. The summed E-state index contributed by atoms with van der Waals surface area (Å²) in [5.74, 6) is 5.46. The zero-order valence-corrected chi connectivity index (χ0v) is 23.2. The van der Waals surface area contributed by atoms with E-state index >= 15 is 4.39 Å². The fourth-order valence-electron chi connectivity index (χ4n) is 7.21. The zero-order chi connectivity index (χ0) is 29.0. The number of rotatable bonds is 5. The average Bonchev–Trinajstić information content (AvgIpc) is 3.64. The summed E-state index contributed by atoms with van der Waals surface area (Å²) in [6.45, 7) is 2.04. The molecule has 0 amide bonds. The van der Waals surface area contributed by atoms with Gasteiger partial charge < -0.3 is 14.7 Å². The summed E-state index contributed by atoms with van der Waals surface area (Å²) in [7, 11) is 0. The highest BCUT2D eigenvalue weighted by Gasteiger charge is 2.35. The van der Waals surface area contributed by atoms with Gasteiger partial charge in [0.2, 0.25) is 0 Å². The van der Waals surface area contributed by atoms with Crippen LogP contribution < -0.4 is 9.64 Å². The Hall–Kier alpha value is -4.43. The van der Waals surface area contributed by atoms with Crippen molar-refractivity contribution in [3.63, 3.8) is 0 Å². The van der Waals surface area contributed by atoms with Crippen LogP contribution in [0.15, 0.2) is 24.3 Å². The molecule has 6 nitrogen and oxygen atoms in total. The maximum atomic E-state index is 16.8. The molecule has 3 aliphatic rings. The maximum absolute atomic E-state index is 16.8. The van der Waals surface area contributed by atoms with Crippen molar-refractivity contribution in [3.8, 4) is 47.7 Å². The number of hydrogen-bond acceptors (Lipinski definition) is 6. The first-order valence-electron chi connectivity index (χ1n) is 14.6. The molecule has 8 heteroatoms. The normalized spacial score (nSPS) is 20.2. The van der Waals surface area contributed by atoms with Crippen LogP contribution in [0.2, 0.25) is 0 Å². The fraction of sp³-hybridized carbons (Fsp3) is 0.382. The third-order valence-corrected chi connectivity index (χ3v) is 9.16. The molecule has 2 aliphatic carbocycles. The van der Waals surface area contributed by atoms with E-state index in [0.717, 1.165) is 38.8 Å². The van der Waals surface area contributed by atoms with Crippen LogP contribution in [0.1, 0.15) is 56.2 Å². The first-order chi connectivity index (χ1) is 20.4. The molecule has 3 fully saturated rings. The number of halogens is 2. The Morgan fingerprint density at radius 2 is 1.71 bits per heavy atom. The van der Waals surface area contributed by atoms with E-state index in [1.54, 1.807) is 0 Å². The van der Waals surface area contributed by atoms with Gasteiger partial charge in [-0.15, -0.1) is 12.8 Å². The molecule has 0 radical (unpaired) electrons. The molecule has 1 saturated heterocycles. The van der Waals surface area contributed by atoms with E-state index in [1.165, 1.54) is 43.5 Å². The number of piperidine rings is 1. The van der Waals surface area contributed by atoms with Gasteiger partial charge in [0.15, 0.2) is 5.82 Å². The van der Waals surface area contributed by atoms with Crippen molar-refractivity contribution in [2.24, 2.45) is 17.8 Å². The minimum absolute atomic E-state index is 0.0209. The van der Waals surface area contributed by atoms with Crippen molar-refractivity contribution in [1.29, 1.82) is 0 Å². The van der Waals surface area contributed by atoms with Crippen LogP contribution in [-0.4, -0.2) is 39.8 Å². The smallest absolute Gasteiger partial charge is 0.319 e. The van der Waals surface area contributed by atoms with Crippen molar-refractivity contribution in [3.05, 3.63) is 47.2 Å². The molecule has 3 heterocycles. The zero-order valence-electron chi connectivity index (χ0n) is 23.2. The van der Waals surface area contributed by atoms with Crippen LogP contribution >= 0.6 is 0 Å². The van der Waals surface area contributed by atoms with Crippen LogP contribution in [0.4, 0.5) is 14.6 Å². The standard InChI is InChI=1S/C34H30F2N4O2/c1-3-24-26(35)12-11-22-14-23(41)15-25(28(22)24)31-30(36)32-29(27(4-2)37-31)33(40-16-20-9-10-21(13-20)17-40)39-34(38-32)42-18-19-7-5-6-8-19/h1-2,11-12,14-15,19-21,41H,5-10,13,16-18H2. The van der Waals surface area contributed by atoms with Crippen LogP contribution in [0.5, 0.6) is 11.8 Å². The minimum atomic E-state index is -0.766. The highest BCUT2D eigenvalue weighted by atomic mass is 19.1. The average molecular weight is 565 g/mol. The lowest BCUT2D eigenvalue weighted by Gasteiger charge is -2.33. The number of anilines is 1. The third-order valence-electron chi connectivity index (χ3n) is 9.16. The number of fused-ring (bicyclic) bond motifs is 4. The van der Waals surface area contributed by atoms with Crippen LogP contribution in [-0.2, 0) is 0 Å². The topological polar surface area (TPSA) is 71.4 Å². The number of pyridine rings is 1. The second-order valence-corrected chi connectivity index (χ2v) is 11.9. The van der Waals surface area contributed by atoms with Crippen LogP contribution in [0, 0.1) is 54.1 Å². The molecule has 7 rings (SSSR count). The lowest BCUT2D eigenvalue weighted by atomic mass is 9.95. The highest BCUT2D eigenvalue weighted by molar-refractivity contribution is 6.04. The number of nitrogens with zero attached hydrogens (tertiary/aromatic N) is 4. The summed E-state index contributed by atoms with van der Waals surface area (Å²) in [4.78, 5) is 16.1. The summed E-state index contributed by atoms with van der Waals surface area (Å²) in [5, 5.41) is 11.6. The van der Waals surface area contributed by atoms with Crippen molar-refractivity contribution in [2.75, 3.05) is 24.6 Å². The Kier molecular flexibility index (Phi) is 6.58. The molecule has 2 unspecified atom stereocenters.